The van der Waals surface area contributed by atoms with Crippen LogP contribution in [0.2, 0.25) is 0 Å². The van der Waals surface area contributed by atoms with Crippen LogP contribution in [0.1, 0.15) is 24.5 Å². The second-order valence-corrected chi connectivity index (χ2v) is 8.62. The summed E-state index contributed by atoms with van der Waals surface area (Å²) in [6, 6.07) is 12.8. The third kappa shape index (κ3) is 4.69. The normalized spacial score (nSPS) is 19.1. The standard InChI is InChI=1S/C23H30N6S/c1-3-12-28-22(20-8-10-24-11-9-20)25-29(23(28)30)18-27-15-13-26(14-16-27)17-21-7-5-4-6-19(21)2/h4-11H,3,12-18H2,1-2H3/p+2. The lowest BCUT2D eigenvalue weighted by Gasteiger charge is -2.29. The molecule has 7 heteroatoms. The summed E-state index contributed by atoms with van der Waals surface area (Å²) in [4.78, 5) is 7.36. The highest BCUT2D eigenvalue weighted by Gasteiger charge is 2.25. The van der Waals surface area contributed by atoms with Crippen molar-refractivity contribution in [3.63, 3.8) is 0 Å². The van der Waals surface area contributed by atoms with Crippen LogP contribution in [-0.4, -0.2) is 45.5 Å². The molecule has 2 N–H and O–H groups in total. The zero-order chi connectivity index (χ0) is 20.9. The SMILES string of the molecule is CCCn1c(-c2ccncc2)nn(C[NH+]2CC[NH+](Cc3ccccc3C)CC2)c1=S. The molecule has 0 spiro atoms. The van der Waals surface area contributed by atoms with Crippen LogP contribution >= 0.6 is 12.2 Å². The first kappa shape index (κ1) is 20.9. The lowest BCUT2D eigenvalue weighted by Crippen LogP contribution is -3.27. The van der Waals surface area contributed by atoms with Crippen molar-refractivity contribution >= 4 is 12.2 Å². The number of piperazine rings is 1. The quantitative estimate of drug-likeness (QED) is 0.559. The minimum absolute atomic E-state index is 0.825. The maximum atomic E-state index is 5.80. The lowest BCUT2D eigenvalue weighted by atomic mass is 10.1. The number of nitrogens with one attached hydrogen (secondary N) is 2. The fourth-order valence-corrected chi connectivity index (χ4v) is 4.55. The Kier molecular flexibility index (Phi) is 6.72. The lowest BCUT2D eigenvalue weighted by molar-refractivity contribution is -1.03. The van der Waals surface area contributed by atoms with Crippen molar-refractivity contribution in [3.05, 3.63) is 64.7 Å². The van der Waals surface area contributed by atoms with Crippen LogP contribution in [-0.2, 0) is 19.8 Å². The molecule has 1 aromatic carbocycles. The van der Waals surface area contributed by atoms with Crippen molar-refractivity contribution in [1.82, 2.24) is 19.3 Å². The second kappa shape index (κ2) is 9.64. The molecule has 30 heavy (non-hydrogen) atoms. The fourth-order valence-electron chi connectivity index (χ4n) is 4.27. The highest BCUT2D eigenvalue weighted by atomic mass is 32.1. The first-order valence-corrected chi connectivity index (χ1v) is 11.4. The van der Waals surface area contributed by atoms with Gasteiger partial charge in [0, 0.05) is 30.1 Å². The first-order chi connectivity index (χ1) is 14.7. The Morgan fingerprint density at radius 2 is 1.70 bits per heavy atom. The van der Waals surface area contributed by atoms with E-state index in [2.05, 4.69) is 47.7 Å². The molecular formula is C23H32N6S+2. The molecule has 0 bridgehead atoms. The largest absolute Gasteiger partial charge is 0.322 e. The molecule has 0 atom stereocenters. The number of pyridine rings is 1. The van der Waals surface area contributed by atoms with Crippen LogP contribution in [0, 0.1) is 11.7 Å². The van der Waals surface area contributed by atoms with Gasteiger partial charge >= 0.3 is 0 Å². The van der Waals surface area contributed by atoms with Crippen LogP contribution in [0.25, 0.3) is 11.4 Å². The highest BCUT2D eigenvalue weighted by Crippen LogP contribution is 2.17. The topological polar surface area (TPSA) is 44.5 Å². The molecule has 0 aliphatic carbocycles. The van der Waals surface area contributed by atoms with Gasteiger partial charge in [-0.1, -0.05) is 31.2 Å². The monoisotopic (exact) mass is 424 g/mol. The minimum atomic E-state index is 0.825. The van der Waals surface area contributed by atoms with Gasteiger partial charge in [0.1, 0.15) is 32.7 Å². The number of aryl methyl sites for hydroxylation is 1. The van der Waals surface area contributed by atoms with Gasteiger partial charge < -0.3 is 9.80 Å². The molecular weight excluding hydrogens is 392 g/mol. The fraction of sp³-hybridized carbons (Fsp3) is 0.435. The van der Waals surface area contributed by atoms with Gasteiger partial charge in [0.25, 0.3) is 0 Å². The third-order valence-corrected chi connectivity index (χ3v) is 6.48. The zero-order valence-electron chi connectivity index (χ0n) is 18.0. The van der Waals surface area contributed by atoms with Crippen LogP contribution in [0.3, 0.4) is 0 Å². The van der Waals surface area contributed by atoms with Gasteiger partial charge in [-0.3, -0.25) is 9.55 Å². The molecule has 158 valence electrons. The first-order valence-electron chi connectivity index (χ1n) is 11.0. The number of benzene rings is 1. The van der Waals surface area contributed by atoms with E-state index in [4.69, 9.17) is 17.3 Å². The summed E-state index contributed by atoms with van der Waals surface area (Å²) in [7, 11) is 0. The van der Waals surface area contributed by atoms with Crippen LogP contribution in [0.15, 0.2) is 48.8 Å². The van der Waals surface area contributed by atoms with E-state index >= 15 is 0 Å². The van der Waals surface area contributed by atoms with Gasteiger partial charge in [0.05, 0.1) is 0 Å². The maximum absolute atomic E-state index is 5.80. The maximum Gasteiger partial charge on any atom is 0.203 e. The summed E-state index contributed by atoms with van der Waals surface area (Å²) >= 11 is 5.80. The average Bonchev–Trinajstić information content (AvgIpc) is 3.07. The smallest absolute Gasteiger partial charge is 0.203 e. The summed E-state index contributed by atoms with van der Waals surface area (Å²) in [5.74, 6) is 0.951. The summed E-state index contributed by atoms with van der Waals surface area (Å²) in [6.07, 6.45) is 4.66. The van der Waals surface area contributed by atoms with E-state index in [-0.39, 0.29) is 0 Å². The highest BCUT2D eigenvalue weighted by molar-refractivity contribution is 7.71. The molecule has 0 amide bonds. The number of quaternary nitrogens is 2. The number of aromatic nitrogens is 4. The van der Waals surface area contributed by atoms with Crippen LogP contribution < -0.4 is 9.80 Å². The molecule has 3 heterocycles. The van der Waals surface area contributed by atoms with E-state index in [0.717, 1.165) is 55.4 Å². The summed E-state index contributed by atoms with van der Waals surface area (Å²) in [5.41, 5.74) is 3.94. The van der Waals surface area contributed by atoms with Gasteiger partial charge in [0.15, 0.2) is 12.5 Å². The number of hydrogen-bond acceptors (Lipinski definition) is 3. The molecule has 2 aromatic heterocycles. The molecule has 3 aromatic rings. The summed E-state index contributed by atoms with van der Waals surface area (Å²) < 4.78 is 5.03. The van der Waals surface area contributed by atoms with E-state index in [1.807, 2.05) is 29.2 Å². The molecule has 0 unspecified atom stereocenters. The molecule has 1 aliphatic heterocycles. The Morgan fingerprint density at radius 1 is 1.00 bits per heavy atom. The molecule has 1 saturated heterocycles. The number of hydrogen-bond donors (Lipinski definition) is 2. The van der Waals surface area contributed by atoms with E-state index in [1.54, 1.807) is 9.80 Å². The Morgan fingerprint density at radius 3 is 2.40 bits per heavy atom. The molecule has 6 nitrogen and oxygen atoms in total. The van der Waals surface area contributed by atoms with Crippen molar-refractivity contribution in [2.45, 2.75) is 40.0 Å². The van der Waals surface area contributed by atoms with Gasteiger partial charge in [-0.2, -0.15) is 4.68 Å². The van der Waals surface area contributed by atoms with Crippen molar-refractivity contribution in [2.75, 3.05) is 26.2 Å². The summed E-state index contributed by atoms with van der Waals surface area (Å²) in [5, 5.41) is 4.91. The van der Waals surface area contributed by atoms with Crippen molar-refractivity contribution in [3.8, 4) is 11.4 Å². The minimum Gasteiger partial charge on any atom is -0.322 e. The van der Waals surface area contributed by atoms with E-state index in [1.165, 1.54) is 24.2 Å². The summed E-state index contributed by atoms with van der Waals surface area (Å²) in [6.45, 7) is 11.9. The third-order valence-electron chi connectivity index (χ3n) is 6.05. The van der Waals surface area contributed by atoms with Crippen molar-refractivity contribution in [2.24, 2.45) is 0 Å². The van der Waals surface area contributed by atoms with Gasteiger partial charge in [-0.05, 0) is 43.3 Å². The molecule has 4 rings (SSSR count). The van der Waals surface area contributed by atoms with Crippen LogP contribution in [0.5, 0.6) is 0 Å². The molecule has 1 fully saturated rings. The van der Waals surface area contributed by atoms with Gasteiger partial charge in [-0.25, -0.2) is 0 Å². The van der Waals surface area contributed by atoms with Gasteiger partial charge in [-0.15, -0.1) is 5.10 Å². The van der Waals surface area contributed by atoms with E-state index < -0.39 is 0 Å². The predicted molar refractivity (Wildman–Crippen MR) is 121 cm³/mol. The number of nitrogens with zero attached hydrogens (tertiary/aromatic N) is 4. The van der Waals surface area contributed by atoms with E-state index in [0.29, 0.717) is 0 Å². The van der Waals surface area contributed by atoms with Gasteiger partial charge in [0.2, 0.25) is 4.77 Å². The second-order valence-electron chi connectivity index (χ2n) is 8.25. The molecule has 1 aliphatic rings. The predicted octanol–water partition coefficient (Wildman–Crippen LogP) is 1.14. The van der Waals surface area contributed by atoms with Crippen LogP contribution in [0.4, 0.5) is 0 Å². The zero-order valence-corrected chi connectivity index (χ0v) is 18.8. The Bertz CT molecular complexity index is 1020. The Balaban J connectivity index is 1.43. The van der Waals surface area contributed by atoms with Crippen molar-refractivity contribution < 1.29 is 9.80 Å². The number of rotatable bonds is 7. The van der Waals surface area contributed by atoms with E-state index in [9.17, 15) is 0 Å². The molecule has 0 saturated carbocycles. The Labute approximate surface area is 183 Å². The molecule has 0 radical (unpaired) electrons. The average molecular weight is 425 g/mol. The Hall–Kier alpha value is -2.35. The van der Waals surface area contributed by atoms with Crippen molar-refractivity contribution in [1.29, 1.82) is 0 Å².